The van der Waals surface area contributed by atoms with E-state index < -0.39 is 0 Å². The minimum absolute atomic E-state index is 0.0737. The van der Waals surface area contributed by atoms with Crippen LogP contribution >= 0.6 is 0 Å². The molecule has 0 spiro atoms. The summed E-state index contributed by atoms with van der Waals surface area (Å²) in [6.07, 6.45) is 2.35. The Labute approximate surface area is 95.4 Å². The molecule has 1 amide bonds. The van der Waals surface area contributed by atoms with E-state index >= 15 is 0 Å². The predicted molar refractivity (Wildman–Crippen MR) is 61.1 cm³/mol. The quantitative estimate of drug-likeness (QED) is 0.837. The van der Waals surface area contributed by atoms with Gasteiger partial charge in [-0.05, 0) is 37.8 Å². The van der Waals surface area contributed by atoms with Crippen molar-refractivity contribution in [2.24, 2.45) is 11.7 Å². The van der Waals surface area contributed by atoms with E-state index in [9.17, 15) is 4.79 Å². The number of furan rings is 1. The fourth-order valence-electron chi connectivity index (χ4n) is 2.02. The van der Waals surface area contributed by atoms with E-state index in [0.717, 1.165) is 5.76 Å². The zero-order valence-electron chi connectivity index (χ0n) is 9.77. The van der Waals surface area contributed by atoms with Gasteiger partial charge < -0.3 is 15.1 Å². The van der Waals surface area contributed by atoms with E-state index in [0.29, 0.717) is 18.2 Å². The Morgan fingerprint density at radius 3 is 2.75 bits per heavy atom. The summed E-state index contributed by atoms with van der Waals surface area (Å²) >= 11 is 0. The van der Waals surface area contributed by atoms with Gasteiger partial charge in [0.05, 0.1) is 0 Å². The molecule has 1 aromatic heterocycles. The standard InChI is InChI=1S/C12H18N2O2/c1-8-3-6-11(16-8)12(15)14(2)10(7-13)9-4-5-9/h3,6,9-10H,4-5,7,13H2,1-2H3. The fourth-order valence-corrected chi connectivity index (χ4v) is 2.02. The lowest BCUT2D eigenvalue weighted by Crippen LogP contribution is -2.43. The Kier molecular flexibility index (Phi) is 3.01. The predicted octanol–water partition coefficient (Wildman–Crippen LogP) is 1.40. The van der Waals surface area contributed by atoms with Gasteiger partial charge in [-0.2, -0.15) is 0 Å². The van der Waals surface area contributed by atoms with E-state index in [2.05, 4.69) is 0 Å². The molecule has 0 aliphatic heterocycles. The summed E-state index contributed by atoms with van der Waals surface area (Å²) in [6.45, 7) is 2.35. The molecule has 2 N–H and O–H groups in total. The highest BCUT2D eigenvalue weighted by Crippen LogP contribution is 2.34. The molecule has 1 aliphatic carbocycles. The highest BCUT2D eigenvalue weighted by atomic mass is 16.3. The van der Waals surface area contributed by atoms with Crippen LogP contribution in [0.2, 0.25) is 0 Å². The molecule has 2 rings (SSSR count). The average Bonchev–Trinajstić information content (AvgIpc) is 3.00. The highest BCUT2D eigenvalue weighted by Gasteiger charge is 2.35. The van der Waals surface area contributed by atoms with Crippen LogP contribution in [0.5, 0.6) is 0 Å². The van der Waals surface area contributed by atoms with E-state index in [1.54, 1.807) is 24.1 Å². The van der Waals surface area contributed by atoms with Crippen LogP contribution in [0.3, 0.4) is 0 Å². The monoisotopic (exact) mass is 222 g/mol. The van der Waals surface area contributed by atoms with E-state index in [4.69, 9.17) is 10.2 Å². The van der Waals surface area contributed by atoms with Gasteiger partial charge in [-0.25, -0.2) is 0 Å². The molecule has 1 atom stereocenters. The Balaban J connectivity index is 2.08. The normalized spacial score (nSPS) is 17.2. The molecule has 1 saturated carbocycles. The van der Waals surface area contributed by atoms with E-state index in [-0.39, 0.29) is 11.9 Å². The molecular weight excluding hydrogens is 204 g/mol. The van der Waals surface area contributed by atoms with Gasteiger partial charge in [0.2, 0.25) is 0 Å². The second-order valence-corrected chi connectivity index (χ2v) is 4.47. The molecule has 4 nitrogen and oxygen atoms in total. The number of carbonyl (C=O) groups is 1. The first-order chi connectivity index (χ1) is 7.63. The maximum Gasteiger partial charge on any atom is 0.289 e. The SMILES string of the molecule is Cc1ccc(C(=O)N(C)C(CN)C2CC2)o1. The van der Waals surface area contributed by atoms with Crippen molar-refractivity contribution in [2.45, 2.75) is 25.8 Å². The van der Waals surface area contributed by atoms with Crippen LogP contribution < -0.4 is 5.73 Å². The molecule has 0 aromatic carbocycles. The summed E-state index contributed by atoms with van der Waals surface area (Å²) in [5, 5.41) is 0. The molecule has 1 unspecified atom stereocenters. The molecule has 1 aromatic rings. The molecule has 1 fully saturated rings. The summed E-state index contributed by atoms with van der Waals surface area (Å²) in [6, 6.07) is 3.67. The highest BCUT2D eigenvalue weighted by molar-refractivity contribution is 5.91. The lowest BCUT2D eigenvalue weighted by molar-refractivity contribution is 0.0685. The Morgan fingerprint density at radius 1 is 1.62 bits per heavy atom. The second-order valence-electron chi connectivity index (χ2n) is 4.47. The summed E-state index contributed by atoms with van der Waals surface area (Å²) < 4.78 is 5.33. The van der Waals surface area contributed by atoms with Gasteiger partial charge in [0, 0.05) is 19.6 Å². The summed E-state index contributed by atoms with van der Waals surface area (Å²) in [7, 11) is 1.80. The first-order valence-electron chi connectivity index (χ1n) is 5.67. The Hall–Kier alpha value is -1.29. The third-order valence-corrected chi connectivity index (χ3v) is 3.18. The van der Waals surface area contributed by atoms with Crippen LogP contribution in [-0.2, 0) is 0 Å². The van der Waals surface area contributed by atoms with Crippen LogP contribution in [0.25, 0.3) is 0 Å². The summed E-state index contributed by atoms with van der Waals surface area (Å²) in [5.41, 5.74) is 5.71. The van der Waals surface area contributed by atoms with E-state index in [1.807, 2.05) is 6.92 Å². The number of amides is 1. The van der Waals surface area contributed by atoms with Gasteiger partial charge in [-0.15, -0.1) is 0 Å². The zero-order chi connectivity index (χ0) is 11.7. The Bertz CT molecular complexity index is 382. The third-order valence-electron chi connectivity index (χ3n) is 3.18. The van der Waals surface area contributed by atoms with Crippen LogP contribution in [-0.4, -0.2) is 30.4 Å². The van der Waals surface area contributed by atoms with Crippen molar-refractivity contribution in [1.29, 1.82) is 0 Å². The molecule has 1 aliphatic rings. The van der Waals surface area contributed by atoms with Gasteiger partial charge in [0.15, 0.2) is 5.76 Å². The van der Waals surface area contributed by atoms with Crippen molar-refractivity contribution in [1.82, 2.24) is 4.90 Å². The van der Waals surface area contributed by atoms with Crippen molar-refractivity contribution >= 4 is 5.91 Å². The summed E-state index contributed by atoms with van der Waals surface area (Å²) in [5.74, 6) is 1.66. The van der Waals surface area contributed by atoms with Crippen LogP contribution in [0.1, 0.15) is 29.2 Å². The number of hydrogen-bond acceptors (Lipinski definition) is 3. The van der Waals surface area contributed by atoms with E-state index in [1.165, 1.54) is 12.8 Å². The third kappa shape index (κ3) is 2.11. The van der Waals surface area contributed by atoms with Crippen LogP contribution in [0, 0.1) is 12.8 Å². The number of hydrogen-bond donors (Lipinski definition) is 1. The van der Waals surface area contributed by atoms with Gasteiger partial charge in [0.1, 0.15) is 5.76 Å². The average molecular weight is 222 g/mol. The molecule has 0 radical (unpaired) electrons. The number of nitrogens with zero attached hydrogens (tertiary/aromatic N) is 1. The molecule has 4 heteroatoms. The minimum atomic E-state index is -0.0737. The fraction of sp³-hybridized carbons (Fsp3) is 0.583. The lowest BCUT2D eigenvalue weighted by atomic mass is 10.1. The first kappa shape index (κ1) is 11.2. The van der Waals surface area contributed by atoms with Gasteiger partial charge in [-0.1, -0.05) is 0 Å². The second kappa shape index (κ2) is 4.29. The number of aryl methyl sites for hydroxylation is 1. The topological polar surface area (TPSA) is 59.5 Å². The minimum Gasteiger partial charge on any atom is -0.456 e. The number of rotatable bonds is 4. The first-order valence-corrected chi connectivity index (χ1v) is 5.67. The zero-order valence-corrected chi connectivity index (χ0v) is 9.77. The van der Waals surface area contributed by atoms with Crippen LogP contribution in [0.15, 0.2) is 16.5 Å². The molecule has 0 bridgehead atoms. The smallest absolute Gasteiger partial charge is 0.289 e. The lowest BCUT2D eigenvalue weighted by Gasteiger charge is -2.26. The molecule has 0 saturated heterocycles. The van der Waals surface area contributed by atoms with Crippen LogP contribution in [0.4, 0.5) is 0 Å². The molecule has 88 valence electrons. The number of likely N-dealkylation sites (N-methyl/N-ethyl adjacent to an activating group) is 1. The van der Waals surface area contributed by atoms with Gasteiger partial charge >= 0.3 is 0 Å². The van der Waals surface area contributed by atoms with Crippen molar-refractivity contribution in [3.8, 4) is 0 Å². The van der Waals surface area contributed by atoms with Crippen molar-refractivity contribution < 1.29 is 9.21 Å². The van der Waals surface area contributed by atoms with Gasteiger partial charge in [-0.3, -0.25) is 4.79 Å². The van der Waals surface area contributed by atoms with Crippen molar-refractivity contribution in [3.63, 3.8) is 0 Å². The molecule has 16 heavy (non-hydrogen) atoms. The number of carbonyl (C=O) groups excluding carboxylic acids is 1. The maximum atomic E-state index is 12.1. The molecular formula is C12H18N2O2. The molecule has 1 heterocycles. The Morgan fingerprint density at radius 2 is 2.31 bits per heavy atom. The van der Waals surface area contributed by atoms with Crippen molar-refractivity contribution in [2.75, 3.05) is 13.6 Å². The van der Waals surface area contributed by atoms with Crippen molar-refractivity contribution in [3.05, 3.63) is 23.7 Å². The largest absolute Gasteiger partial charge is 0.456 e. The van der Waals surface area contributed by atoms with Gasteiger partial charge in [0.25, 0.3) is 5.91 Å². The maximum absolute atomic E-state index is 12.1. The number of nitrogens with two attached hydrogens (primary N) is 1. The summed E-state index contributed by atoms with van der Waals surface area (Å²) in [4.78, 5) is 13.8.